The molecule has 2 heterocycles. The summed E-state index contributed by atoms with van der Waals surface area (Å²) in [7, 11) is 0. The van der Waals surface area contributed by atoms with Gasteiger partial charge in [0.05, 0.1) is 12.6 Å². The monoisotopic (exact) mass is 317 g/mol. The average molecular weight is 318 g/mol. The van der Waals surface area contributed by atoms with Gasteiger partial charge in [-0.1, -0.05) is 28.9 Å². The highest BCUT2D eigenvalue weighted by Crippen LogP contribution is 2.21. The number of halogens is 1. The van der Waals surface area contributed by atoms with Crippen molar-refractivity contribution in [2.45, 2.75) is 25.6 Å². The Labute approximate surface area is 133 Å². The van der Waals surface area contributed by atoms with Gasteiger partial charge in [0.1, 0.15) is 0 Å². The van der Waals surface area contributed by atoms with Crippen molar-refractivity contribution in [2.75, 3.05) is 0 Å². The van der Waals surface area contributed by atoms with E-state index < -0.39 is 0 Å². The number of benzene rings is 1. The Morgan fingerprint density at radius 3 is 2.77 bits per heavy atom. The van der Waals surface area contributed by atoms with Gasteiger partial charge in [0.25, 0.3) is 0 Å². The zero-order valence-corrected chi connectivity index (χ0v) is 12.8. The van der Waals surface area contributed by atoms with E-state index in [4.69, 9.17) is 16.1 Å². The highest BCUT2D eigenvalue weighted by atomic mass is 35.5. The molecule has 0 saturated carbocycles. The molecule has 0 saturated heterocycles. The summed E-state index contributed by atoms with van der Waals surface area (Å²) in [4.78, 5) is 4.17. The Bertz CT molecular complexity index is 681. The van der Waals surface area contributed by atoms with Crippen LogP contribution in [0, 0.1) is 0 Å². The van der Waals surface area contributed by atoms with Crippen LogP contribution in [0.1, 0.15) is 24.4 Å². The van der Waals surface area contributed by atoms with Gasteiger partial charge >= 0.3 is 0 Å². The molecule has 6 nitrogen and oxygen atoms in total. The predicted molar refractivity (Wildman–Crippen MR) is 82.4 cm³/mol. The summed E-state index contributed by atoms with van der Waals surface area (Å²) >= 11 is 5.96. The van der Waals surface area contributed by atoms with E-state index in [1.54, 1.807) is 6.20 Å². The summed E-state index contributed by atoms with van der Waals surface area (Å²) in [5.41, 5.74) is 1.03. The van der Waals surface area contributed by atoms with Crippen molar-refractivity contribution >= 4 is 11.6 Å². The maximum atomic E-state index is 5.96. The summed E-state index contributed by atoms with van der Waals surface area (Å²) in [6.45, 7) is 2.83. The molecule has 0 unspecified atom stereocenters. The van der Waals surface area contributed by atoms with E-state index in [1.807, 2.05) is 41.2 Å². The number of nitrogens with one attached hydrogen (secondary N) is 1. The molecular formula is C15H16ClN5O. The molecule has 0 bridgehead atoms. The zero-order valence-electron chi connectivity index (χ0n) is 12.1. The van der Waals surface area contributed by atoms with Crippen LogP contribution >= 0.6 is 11.6 Å². The van der Waals surface area contributed by atoms with Gasteiger partial charge < -0.3 is 4.52 Å². The minimum absolute atomic E-state index is 0.165. The van der Waals surface area contributed by atoms with E-state index in [2.05, 4.69) is 27.5 Å². The van der Waals surface area contributed by atoms with Crippen LogP contribution in [-0.2, 0) is 6.54 Å². The lowest BCUT2D eigenvalue weighted by atomic mass is 10.1. The Hall–Kier alpha value is -2.18. The molecule has 0 fully saturated rings. The van der Waals surface area contributed by atoms with E-state index in [1.165, 1.54) is 6.39 Å². The third-order valence-electron chi connectivity index (χ3n) is 3.31. The fourth-order valence-corrected chi connectivity index (χ4v) is 2.43. The van der Waals surface area contributed by atoms with Crippen molar-refractivity contribution in [2.24, 2.45) is 0 Å². The second-order valence-electron chi connectivity index (χ2n) is 5.07. The molecule has 0 amide bonds. The van der Waals surface area contributed by atoms with E-state index in [9.17, 15) is 0 Å². The van der Waals surface area contributed by atoms with Crippen LogP contribution < -0.4 is 5.32 Å². The van der Waals surface area contributed by atoms with Gasteiger partial charge in [0.15, 0.2) is 5.82 Å². The topological polar surface area (TPSA) is 68.8 Å². The number of hydrogen-bond acceptors (Lipinski definition) is 5. The molecule has 1 N–H and O–H groups in total. The first kappa shape index (κ1) is 14.7. The normalized spacial score (nSPS) is 13.9. The molecule has 7 heteroatoms. The molecule has 0 aliphatic carbocycles. The summed E-state index contributed by atoms with van der Waals surface area (Å²) in [5.74, 6) is 0.592. The zero-order chi connectivity index (χ0) is 15.4. The third kappa shape index (κ3) is 3.52. The number of hydrogen-bond donors (Lipinski definition) is 1. The first-order valence-electron chi connectivity index (χ1n) is 6.97. The maximum Gasteiger partial charge on any atom is 0.213 e. The van der Waals surface area contributed by atoms with Crippen molar-refractivity contribution in [3.63, 3.8) is 0 Å². The SMILES string of the molecule is C[C@H](Cn1cccn1)N[C@H](c1ccc(Cl)cc1)c1ncon1. The molecule has 0 radical (unpaired) electrons. The summed E-state index contributed by atoms with van der Waals surface area (Å²) in [5, 5.41) is 12.4. The second kappa shape index (κ2) is 6.72. The fraction of sp³-hybridized carbons (Fsp3) is 0.267. The Morgan fingerprint density at radius 2 is 2.14 bits per heavy atom. The van der Waals surface area contributed by atoms with Crippen LogP contribution in [0.5, 0.6) is 0 Å². The molecule has 0 aliphatic rings. The molecular weight excluding hydrogens is 302 g/mol. The minimum Gasteiger partial charge on any atom is -0.343 e. The van der Waals surface area contributed by atoms with Crippen molar-refractivity contribution in [3.8, 4) is 0 Å². The number of aromatic nitrogens is 4. The molecule has 0 aliphatic heterocycles. The Balaban J connectivity index is 1.78. The second-order valence-corrected chi connectivity index (χ2v) is 5.51. The largest absolute Gasteiger partial charge is 0.343 e. The lowest BCUT2D eigenvalue weighted by Gasteiger charge is -2.21. The summed E-state index contributed by atoms with van der Waals surface area (Å²) in [6.07, 6.45) is 5.03. The third-order valence-corrected chi connectivity index (χ3v) is 3.56. The lowest BCUT2D eigenvalue weighted by Crippen LogP contribution is -2.35. The molecule has 2 atom stereocenters. The van der Waals surface area contributed by atoms with E-state index in [-0.39, 0.29) is 12.1 Å². The van der Waals surface area contributed by atoms with Crippen molar-refractivity contribution < 1.29 is 4.52 Å². The van der Waals surface area contributed by atoms with Crippen LogP contribution in [0.3, 0.4) is 0 Å². The summed E-state index contributed by atoms with van der Waals surface area (Å²) in [6, 6.07) is 9.52. The van der Waals surface area contributed by atoms with Crippen LogP contribution in [-0.4, -0.2) is 26.0 Å². The smallest absolute Gasteiger partial charge is 0.213 e. The van der Waals surface area contributed by atoms with E-state index in [0.717, 1.165) is 12.1 Å². The predicted octanol–water partition coefficient (Wildman–Crippen LogP) is 2.69. The van der Waals surface area contributed by atoms with Gasteiger partial charge in [-0.15, -0.1) is 0 Å². The average Bonchev–Trinajstić information content (AvgIpc) is 3.19. The van der Waals surface area contributed by atoms with Gasteiger partial charge in [0.2, 0.25) is 6.39 Å². The van der Waals surface area contributed by atoms with E-state index >= 15 is 0 Å². The quantitative estimate of drug-likeness (QED) is 0.757. The van der Waals surface area contributed by atoms with Gasteiger partial charge in [-0.25, -0.2) is 0 Å². The van der Waals surface area contributed by atoms with Gasteiger partial charge in [-0.3, -0.25) is 10.00 Å². The first-order valence-corrected chi connectivity index (χ1v) is 7.35. The van der Waals surface area contributed by atoms with Crippen LogP contribution in [0.25, 0.3) is 0 Å². The maximum absolute atomic E-state index is 5.96. The summed E-state index contributed by atoms with van der Waals surface area (Å²) < 4.78 is 6.77. The van der Waals surface area contributed by atoms with Crippen molar-refractivity contribution in [1.29, 1.82) is 0 Å². The molecule has 2 aromatic heterocycles. The highest BCUT2D eigenvalue weighted by molar-refractivity contribution is 6.30. The standard InChI is InChI=1S/C15H16ClN5O/c1-11(9-21-8-2-7-18-21)19-14(15-17-10-22-20-15)12-3-5-13(16)6-4-12/h2-8,10-11,14,19H,9H2,1H3/t11-,14-/m1/s1. The van der Waals surface area contributed by atoms with Crippen LogP contribution in [0.2, 0.25) is 5.02 Å². The number of nitrogens with zero attached hydrogens (tertiary/aromatic N) is 4. The number of rotatable bonds is 6. The first-order chi connectivity index (χ1) is 10.7. The van der Waals surface area contributed by atoms with Crippen LogP contribution in [0.4, 0.5) is 0 Å². The molecule has 3 rings (SSSR count). The van der Waals surface area contributed by atoms with E-state index in [0.29, 0.717) is 10.8 Å². The van der Waals surface area contributed by atoms with Crippen molar-refractivity contribution in [3.05, 3.63) is 65.5 Å². The highest BCUT2D eigenvalue weighted by Gasteiger charge is 2.20. The van der Waals surface area contributed by atoms with Gasteiger partial charge in [0, 0.05) is 23.5 Å². The molecule has 3 aromatic rings. The fourth-order valence-electron chi connectivity index (χ4n) is 2.31. The lowest BCUT2D eigenvalue weighted by molar-refractivity contribution is 0.383. The van der Waals surface area contributed by atoms with Gasteiger partial charge in [-0.05, 0) is 30.7 Å². The van der Waals surface area contributed by atoms with Gasteiger partial charge in [-0.2, -0.15) is 10.1 Å². The molecule has 22 heavy (non-hydrogen) atoms. The Kier molecular flexibility index (Phi) is 4.50. The molecule has 114 valence electrons. The Morgan fingerprint density at radius 1 is 1.32 bits per heavy atom. The minimum atomic E-state index is -0.165. The van der Waals surface area contributed by atoms with Crippen molar-refractivity contribution in [1.82, 2.24) is 25.2 Å². The van der Waals surface area contributed by atoms with Crippen LogP contribution in [0.15, 0.2) is 53.6 Å². The molecule has 1 aromatic carbocycles. The molecule has 0 spiro atoms.